The maximum Gasteiger partial charge on any atom is 0.358 e. The van der Waals surface area contributed by atoms with E-state index in [2.05, 4.69) is 14.7 Å². The highest BCUT2D eigenvalue weighted by Crippen LogP contribution is 2.15. The number of hydrogen-bond donors (Lipinski definition) is 0. The fourth-order valence-corrected chi connectivity index (χ4v) is 3.07. The van der Waals surface area contributed by atoms with Crippen LogP contribution in [0.4, 0.5) is 0 Å². The van der Waals surface area contributed by atoms with Gasteiger partial charge in [-0.2, -0.15) is 0 Å². The third-order valence-electron chi connectivity index (χ3n) is 1.58. The quantitative estimate of drug-likeness (QED) is 0.454. The van der Waals surface area contributed by atoms with Crippen LogP contribution in [-0.4, -0.2) is 43.0 Å². The van der Waals surface area contributed by atoms with Gasteiger partial charge >= 0.3 is 5.97 Å². The summed E-state index contributed by atoms with van der Waals surface area (Å²) in [6.45, 7) is 0. The molecule has 0 unspecified atom stereocenters. The van der Waals surface area contributed by atoms with Crippen LogP contribution in [0.1, 0.15) is 10.5 Å². The minimum Gasteiger partial charge on any atom is -0.464 e. The first-order valence-corrected chi connectivity index (χ1v) is 7.84. The summed E-state index contributed by atoms with van der Waals surface area (Å²) in [5, 5.41) is 0.438. The van der Waals surface area contributed by atoms with E-state index >= 15 is 0 Å². The third kappa shape index (κ3) is 5.33. The van der Waals surface area contributed by atoms with E-state index in [9.17, 15) is 13.2 Å². The van der Waals surface area contributed by atoms with Gasteiger partial charge in [0.15, 0.2) is 5.69 Å². The summed E-state index contributed by atoms with van der Waals surface area (Å²) in [6, 6.07) is 0. The molecule has 1 heterocycles. The highest BCUT2D eigenvalue weighted by Gasteiger charge is 2.10. The van der Waals surface area contributed by atoms with Gasteiger partial charge in [0.05, 0.1) is 25.3 Å². The number of carbonyl (C=O) groups excluding carboxylic acids is 1. The lowest BCUT2D eigenvalue weighted by Gasteiger charge is -2.01. The fourth-order valence-electron chi connectivity index (χ4n) is 0.866. The van der Waals surface area contributed by atoms with Crippen LogP contribution < -0.4 is 0 Å². The maximum absolute atomic E-state index is 11.1. The van der Waals surface area contributed by atoms with Gasteiger partial charge in [0.25, 0.3) is 0 Å². The summed E-state index contributed by atoms with van der Waals surface area (Å²) in [6.07, 6.45) is 2.70. The van der Waals surface area contributed by atoms with E-state index in [0.29, 0.717) is 5.03 Å². The Labute approximate surface area is 107 Å². The molecule has 0 fully saturated rings. The molecule has 0 bridgehead atoms. The number of thioether (sulfide) groups is 1. The van der Waals surface area contributed by atoms with Crippen LogP contribution in [0.15, 0.2) is 17.4 Å². The second kappa shape index (κ2) is 6.18. The van der Waals surface area contributed by atoms with Crippen LogP contribution >= 0.6 is 22.4 Å². The standard InChI is InChI=1S/C8H9ClN2O4S2/c1-15-8(12)6-4-10-5-7(11-6)16-2-3-17(9,13)14/h4-5H,2-3H2,1H3. The molecule has 17 heavy (non-hydrogen) atoms. The van der Waals surface area contributed by atoms with Crippen molar-refractivity contribution in [2.24, 2.45) is 0 Å². The number of aromatic nitrogens is 2. The minimum absolute atomic E-state index is 0.0752. The van der Waals surface area contributed by atoms with Crippen LogP contribution in [0, 0.1) is 0 Å². The van der Waals surface area contributed by atoms with Gasteiger partial charge in [0.1, 0.15) is 5.03 Å². The molecule has 0 atom stereocenters. The maximum atomic E-state index is 11.1. The molecule has 1 rings (SSSR count). The molecule has 0 aliphatic rings. The van der Waals surface area contributed by atoms with Crippen LogP contribution in [0.25, 0.3) is 0 Å². The largest absolute Gasteiger partial charge is 0.464 e. The summed E-state index contributed by atoms with van der Waals surface area (Å²) in [5.74, 6) is -0.529. The van der Waals surface area contributed by atoms with Gasteiger partial charge in [-0.15, -0.1) is 11.8 Å². The molecule has 0 radical (unpaired) electrons. The zero-order chi connectivity index (χ0) is 12.9. The van der Waals surface area contributed by atoms with Crippen molar-refractivity contribution in [2.45, 2.75) is 5.03 Å². The van der Waals surface area contributed by atoms with Gasteiger partial charge < -0.3 is 4.74 Å². The molecule has 0 amide bonds. The number of carbonyl (C=O) groups is 1. The Kier molecular flexibility index (Phi) is 5.16. The molecule has 1 aromatic rings. The lowest BCUT2D eigenvalue weighted by Crippen LogP contribution is -2.06. The summed E-state index contributed by atoms with van der Waals surface area (Å²) < 4.78 is 25.9. The molecule has 0 saturated heterocycles. The van der Waals surface area contributed by atoms with Crippen molar-refractivity contribution in [3.8, 4) is 0 Å². The number of hydrogen-bond acceptors (Lipinski definition) is 7. The van der Waals surface area contributed by atoms with Gasteiger partial charge in [0, 0.05) is 16.4 Å². The van der Waals surface area contributed by atoms with Crippen molar-refractivity contribution in [2.75, 3.05) is 18.6 Å². The average Bonchev–Trinajstić information content (AvgIpc) is 2.27. The number of rotatable bonds is 5. The minimum atomic E-state index is -3.51. The van der Waals surface area contributed by atoms with E-state index in [4.69, 9.17) is 10.7 Å². The van der Waals surface area contributed by atoms with Gasteiger partial charge in [-0.05, 0) is 0 Å². The predicted octanol–water partition coefficient (Wildman–Crippen LogP) is 0.924. The van der Waals surface area contributed by atoms with E-state index in [1.807, 2.05) is 0 Å². The molecule has 0 saturated carbocycles. The highest BCUT2D eigenvalue weighted by molar-refractivity contribution is 8.14. The van der Waals surface area contributed by atoms with E-state index < -0.39 is 15.0 Å². The van der Waals surface area contributed by atoms with Gasteiger partial charge in [-0.3, -0.25) is 4.98 Å². The lowest BCUT2D eigenvalue weighted by molar-refractivity contribution is 0.0592. The average molecular weight is 297 g/mol. The SMILES string of the molecule is COC(=O)c1cncc(SCCS(=O)(=O)Cl)n1. The zero-order valence-electron chi connectivity index (χ0n) is 8.79. The Hall–Kier alpha value is -0.860. The smallest absolute Gasteiger partial charge is 0.358 e. The Morgan fingerprint density at radius 2 is 2.24 bits per heavy atom. The van der Waals surface area contributed by atoms with E-state index in [1.165, 1.54) is 19.5 Å². The van der Waals surface area contributed by atoms with Crippen LogP contribution in [0.3, 0.4) is 0 Å². The molecule has 0 aliphatic carbocycles. The number of methoxy groups -OCH3 is 1. The molecule has 0 spiro atoms. The Bertz CT molecular complexity index is 506. The van der Waals surface area contributed by atoms with Crippen LogP contribution in [0.5, 0.6) is 0 Å². The second-order valence-corrected chi connectivity index (χ2v) is 6.84. The molecule has 6 nitrogen and oxygen atoms in total. The Morgan fingerprint density at radius 1 is 1.53 bits per heavy atom. The normalized spacial score (nSPS) is 11.2. The summed E-state index contributed by atoms with van der Waals surface area (Å²) in [5.41, 5.74) is 0.0752. The molecular formula is C8H9ClN2O4S2. The molecular weight excluding hydrogens is 288 g/mol. The molecule has 0 aliphatic heterocycles. The van der Waals surface area contributed by atoms with Gasteiger partial charge in [0.2, 0.25) is 9.05 Å². The van der Waals surface area contributed by atoms with E-state index in [-0.39, 0.29) is 17.2 Å². The van der Waals surface area contributed by atoms with Crippen LogP contribution in [0.2, 0.25) is 0 Å². The highest BCUT2D eigenvalue weighted by atomic mass is 35.7. The zero-order valence-corrected chi connectivity index (χ0v) is 11.2. The fraction of sp³-hybridized carbons (Fsp3) is 0.375. The monoisotopic (exact) mass is 296 g/mol. The van der Waals surface area contributed by atoms with Crippen molar-refractivity contribution < 1.29 is 17.9 Å². The van der Waals surface area contributed by atoms with E-state index in [1.54, 1.807) is 0 Å². The van der Waals surface area contributed by atoms with Crippen LogP contribution in [-0.2, 0) is 13.8 Å². The summed E-state index contributed by atoms with van der Waals surface area (Å²) >= 11 is 1.14. The number of esters is 1. The lowest BCUT2D eigenvalue weighted by atomic mass is 10.5. The van der Waals surface area contributed by atoms with Crippen molar-refractivity contribution in [3.05, 3.63) is 18.1 Å². The summed E-state index contributed by atoms with van der Waals surface area (Å²) in [7, 11) is 2.78. The first-order chi connectivity index (χ1) is 7.92. The summed E-state index contributed by atoms with van der Waals surface area (Å²) in [4.78, 5) is 18.9. The number of halogens is 1. The van der Waals surface area contributed by atoms with Crippen molar-refractivity contribution >= 4 is 37.5 Å². The predicted molar refractivity (Wildman–Crippen MR) is 63.7 cm³/mol. The third-order valence-corrected chi connectivity index (χ3v) is 3.90. The molecule has 94 valence electrons. The van der Waals surface area contributed by atoms with Gasteiger partial charge in [-0.1, -0.05) is 0 Å². The number of ether oxygens (including phenoxy) is 1. The Balaban J connectivity index is 2.63. The van der Waals surface area contributed by atoms with E-state index in [0.717, 1.165) is 11.8 Å². The second-order valence-electron chi connectivity index (χ2n) is 2.83. The van der Waals surface area contributed by atoms with Gasteiger partial charge in [-0.25, -0.2) is 18.2 Å². The van der Waals surface area contributed by atoms with Crippen molar-refractivity contribution in [1.82, 2.24) is 9.97 Å². The molecule has 0 aromatic carbocycles. The first kappa shape index (κ1) is 14.2. The number of nitrogens with zero attached hydrogens (tertiary/aromatic N) is 2. The van der Waals surface area contributed by atoms with Crippen molar-refractivity contribution in [3.63, 3.8) is 0 Å². The molecule has 0 N–H and O–H groups in total. The Morgan fingerprint density at radius 3 is 2.82 bits per heavy atom. The molecule has 9 heteroatoms. The van der Waals surface area contributed by atoms with Crippen molar-refractivity contribution in [1.29, 1.82) is 0 Å². The topological polar surface area (TPSA) is 86.2 Å². The molecule has 1 aromatic heterocycles. The first-order valence-electron chi connectivity index (χ1n) is 4.38.